The van der Waals surface area contributed by atoms with E-state index in [0.29, 0.717) is 5.69 Å². The van der Waals surface area contributed by atoms with Crippen LogP contribution >= 0.6 is 23.2 Å². The molecule has 156 valence electrons. The third kappa shape index (κ3) is 5.30. The van der Waals surface area contributed by atoms with Crippen molar-refractivity contribution in [2.75, 3.05) is 16.2 Å². The molecule has 0 heterocycles. The van der Waals surface area contributed by atoms with Crippen molar-refractivity contribution >= 4 is 50.5 Å². The van der Waals surface area contributed by atoms with E-state index in [0.717, 1.165) is 9.87 Å². The predicted octanol–water partition coefficient (Wildman–Crippen LogP) is 5.27. The van der Waals surface area contributed by atoms with Gasteiger partial charge >= 0.3 is 0 Å². The van der Waals surface area contributed by atoms with E-state index in [4.69, 9.17) is 23.2 Å². The molecule has 0 atom stereocenters. The average molecular weight is 467 g/mol. The molecule has 0 saturated heterocycles. The average Bonchev–Trinajstić information content (AvgIpc) is 2.67. The zero-order chi connectivity index (χ0) is 21.9. The summed E-state index contributed by atoms with van der Waals surface area (Å²) in [6.07, 6.45) is 0. The Kier molecular flexibility index (Phi) is 6.65. The minimum atomic E-state index is -4.10. The molecule has 0 unspecified atom stereocenters. The number of carbonyl (C=O) groups excluding carboxylic acids is 1. The highest BCUT2D eigenvalue weighted by Gasteiger charge is 2.28. The van der Waals surface area contributed by atoms with Crippen LogP contribution in [0, 0.1) is 12.7 Å². The molecule has 0 spiro atoms. The Morgan fingerprint density at radius 2 is 1.53 bits per heavy atom. The summed E-state index contributed by atoms with van der Waals surface area (Å²) in [7, 11) is -4.10. The lowest BCUT2D eigenvalue weighted by Crippen LogP contribution is -2.38. The molecule has 0 radical (unpaired) electrons. The topological polar surface area (TPSA) is 66.5 Å². The Labute approximate surface area is 184 Å². The number of anilines is 2. The quantitative estimate of drug-likeness (QED) is 0.537. The van der Waals surface area contributed by atoms with E-state index in [-0.39, 0.29) is 20.6 Å². The molecular formula is C21H17Cl2FN2O3S. The summed E-state index contributed by atoms with van der Waals surface area (Å²) in [4.78, 5) is 12.6. The highest BCUT2D eigenvalue weighted by atomic mass is 35.5. The van der Waals surface area contributed by atoms with Crippen LogP contribution in [0.15, 0.2) is 71.6 Å². The molecule has 0 aliphatic rings. The summed E-state index contributed by atoms with van der Waals surface area (Å²) in [6.45, 7) is 1.30. The number of nitrogens with zero attached hydrogens (tertiary/aromatic N) is 1. The van der Waals surface area contributed by atoms with Gasteiger partial charge in [-0.05, 0) is 61.5 Å². The smallest absolute Gasteiger partial charge is 0.264 e. The fourth-order valence-electron chi connectivity index (χ4n) is 2.70. The first kappa shape index (κ1) is 22.1. The van der Waals surface area contributed by atoms with Gasteiger partial charge in [0.1, 0.15) is 12.4 Å². The number of halogens is 3. The van der Waals surface area contributed by atoms with Gasteiger partial charge in [0, 0.05) is 15.7 Å². The van der Waals surface area contributed by atoms with Crippen molar-refractivity contribution in [3.05, 3.63) is 88.2 Å². The summed E-state index contributed by atoms with van der Waals surface area (Å²) in [5, 5.41) is 3.00. The summed E-state index contributed by atoms with van der Waals surface area (Å²) in [5.74, 6) is -1.07. The van der Waals surface area contributed by atoms with Crippen LogP contribution in [0.25, 0.3) is 0 Å². The molecule has 1 amide bonds. The SMILES string of the molecule is Cc1ccc(S(=O)(=O)N(CC(=O)Nc2ccc(F)cc2)c2cc(Cl)cc(Cl)c2)cc1. The largest absolute Gasteiger partial charge is 0.325 e. The number of carbonyl (C=O) groups is 1. The molecule has 5 nitrogen and oxygen atoms in total. The third-order valence-corrected chi connectivity index (χ3v) is 6.38. The van der Waals surface area contributed by atoms with Crippen LogP contribution < -0.4 is 9.62 Å². The van der Waals surface area contributed by atoms with Crippen molar-refractivity contribution in [3.8, 4) is 0 Å². The molecule has 0 saturated carbocycles. The van der Waals surface area contributed by atoms with Gasteiger partial charge in [0.2, 0.25) is 5.91 Å². The summed E-state index contributed by atoms with van der Waals surface area (Å²) in [5.41, 5.74) is 1.36. The number of nitrogens with one attached hydrogen (secondary N) is 1. The predicted molar refractivity (Wildman–Crippen MR) is 117 cm³/mol. The lowest BCUT2D eigenvalue weighted by molar-refractivity contribution is -0.114. The maximum atomic E-state index is 13.3. The van der Waals surface area contributed by atoms with E-state index < -0.39 is 28.3 Å². The van der Waals surface area contributed by atoms with Gasteiger partial charge in [0.25, 0.3) is 10.0 Å². The zero-order valence-electron chi connectivity index (χ0n) is 15.8. The molecule has 0 aliphatic carbocycles. The second-order valence-corrected chi connectivity index (χ2v) is 9.24. The second-order valence-electron chi connectivity index (χ2n) is 6.51. The van der Waals surface area contributed by atoms with Crippen molar-refractivity contribution in [2.45, 2.75) is 11.8 Å². The summed E-state index contributed by atoms with van der Waals surface area (Å²) >= 11 is 12.1. The molecule has 0 bridgehead atoms. The van der Waals surface area contributed by atoms with Crippen molar-refractivity contribution in [2.24, 2.45) is 0 Å². The normalized spacial score (nSPS) is 11.2. The third-order valence-electron chi connectivity index (χ3n) is 4.16. The number of hydrogen-bond donors (Lipinski definition) is 1. The first-order chi connectivity index (χ1) is 14.1. The number of sulfonamides is 1. The van der Waals surface area contributed by atoms with Gasteiger partial charge < -0.3 is 5.32 Å². The van der Waals surface area contributed by atoms with E-state index in [2.05, 4.69) is 5.32 Å². The zero-order valence-corrected chi connectivity index (χ0v) is 18.1. The van der Waals surface area contributed by atoms with Crippen molar-refractivity contribution in [3.63, 3.8) is 0 Å². The molecule has 3 aromatic rings. The summed E-state index contributed by atoms with van der Waals surface area (Å²) < 4.78 is 40.6. The van der Waals surface area contributed by atoms with Crippen LogP contribution in [-0.2, 0) is 14.8 Å². The van der Waals surface area contributed by atoms with Crippen molar-refractivity contribution in [1.82, 2.24) is 0 Å². The number of hydrogen-bond acceptors (Lipinski definition) is 3. The number of benzene rings is 3. The van der Waals surface area contributed by atoms with Gasteiger partial charge in [0.05, 0.1) is 10.6 Å². The highest BCUT2D eigenvalue weighted by molar-refractivity contribution is 7.92. The standard InChI is InChI=1S/C21H17Cl2FN2O3S/c1-14-2-8-20(9-3-14)30(28,29)26(19-11-15(22)10-16(23)12-19)13-21(27)25-18-6-4-17(24)5-7-18/h2-12H,13H2,1H3,(H,25,27). The lowest BCUT2D eigenvalue weighted by atomic mass is 10.2. The molecule has 1 N–H and O–H groups in total. The van der Waals surface area contributed by atoms with E-state index in [1.54, 1.807) is 12.1 Å². The maximum absolute atomic E-state index is 13.3. The minimum absolute atomic E-state index is 0.0128. The molecule has 0 aliphatic heterocycles. The molecule has 9 heteroatoms. The number of amides is 1. The van der Waals surface area contributed by atoms with Gasteiger partial charge in [0.15, 0.2) is 0 Å². The maximum Gasteiger partial charge on any atom is 0.264 e. The Balaban J connectivity index is 1.97. The minimum Gasteiger partial charge on any atom is -0.325 e. The van der Waals surface area contributed by atoms with Crippen LogP contribution in [0.1, 0.15) is 5.56 Å². The van der Waals surface area contributed by atoms with Gasteiger partial charge in [-0.25, -0.2) is 12.8 Å². The van der Waals surface area contributed by atoms with Crippen LogP contribution in [0.5, 0.6) is 0 Å². The molecule has 3 rings (SSSR count). The highest BCUT2D eigenvalue weighted by Crippen LogP contribution is 2.30. The van der Waals surface area contributed by atoms with Gasteiger partial charge in [-0.15, -0.1) is 0 Å². The first-order valence-corrected chi connectivity index (χ1v) is 11.0. The van der Waals surface area contributed by atoms with Crippen LogP contribution in [0.4, 0.5) is 15.8 Å². The van der Waals surface area contributed by atoms with Crippen molar-refractivity contribution < 1.29 is 17.6 Å². The van der Waals surface area contributed by atoms with E-state index in [1.165, 1.54) is 54.6 Å². The Hall–Kier alpha value is -2.61. The van der Waals surface area contributed by atoms with Gasteiger partial charge in [-0.2, -0.15) is 0 Å². The van der Waals surface area contributed by atoms with E-state index >= 15 is 0 Å². The molecular weight excluding hydrogens is 450 g/mol. The Morgan fingerprint density at radius 3 is 2.10 bits per heavy atom. The van der Waals surface area contributed by atoms with Crippen molar-refractivity contribution in [1.29, 1.82) is 0 Å². The summed E-state index contributed by atoms with van der Waals surface area (Å²) in [6, 6.07) is 15.6. The van der Waals surface area contributed by atoms with E-state index in [1.807, 2.05) is 6.92 Å². The van der Waals surface area contributed by atoms with Crippen LogP contribution in [0.2, 0.25) is 10.0 Å². The second kappa shape index (κ2) is 9.04. The Bertz CT molecular complexity index is 1150. The first-order valence-electron chi connectivity index (χ1n) is 8.76. The molecule has 0 fully saturated rings. The van der Waals surface area contributed by atoms with Gasteiger partial charge in [-0.3, -0.25) is 9.10 Å². The van der Waals surface area contributed by atoms with Crippen LogP contribution in [-0.4, -0.2) is 20.9 Å². The Morgan fingerprint density at radius 1 is 0.967 bits per heavy atom. The number of rotatable bonds is 6. The molecule has 0 aromatic heterocycles. The van der Waals surface area contributed by atoms with Gasteiger partial charge in [-0.1, -0.05) is 40.9 Å². The van der Waals surface area contributed by atoms with E-state index in [9.17, 15) is 17.6 Å². The molecule has 3 aromatic carbocycles. The fraction of sp³-hybridized carbons (Fsp3) is 0.0952. The fourth-order valence-corrected chi connectivity index (χ4v) is 4.62. The molecule has 30 heavy (non-hydrogen) atoms. The van der Waals surface area contributed by atoms with Crippen LogP contribution in [0.3, 0.4) is 0 Å². The monoisotopic (exact) mass is 466 g/mol. The lowest BCUT2D eigenvalue weighted by Gasteiger charge is -2.24. The number of aryl methyl sites for hydroxylation is 1.